The van der Waals surface area contributed by atoms with Crippen molar-refractivity contribution in [1.82, 2.24) is 0 Å². The van der Waals surface area contributed by atoms with E-state index in [1.54, 1.807) is 12.1 Å². The van der Waals surface area contributed by atoms with E-state index in [0.717, 1.165) is 29.4 Å². The highest BCUT2D eigenvalue weighted by molar-refractivity contribution is 5.82. The zero-order chi connectivity index (χ0) is 19.9. The quantitative estimate of drug-likeness (QED) is 0.329. The van der Waals surface area contributed by atoms with E-state index in [1.807, 2.05) is 50.2 Å². The average Bonchev–Trinajstić information content (AvgIpc) is 2.70. The van der Waals surface area contributed by atoms with E-state index in [4.69, 9.17) is 13.9 Å². The Hall–Kier alpha value is -3.08. The van der Waals surface area contributed by atoms with E-state index in [1.165, 1.54) is 0 Å². The second-order valence-corrected chi connectivity index (χ2v) is 6.68. The molecule has 3 aromatic rings. The Bertz CT molecular complexity index is 1000. The third kappa shape index (κ3) is 4.80. The van der Waals surface area contributed by atoms with Crippen LogP contribution in [0.1, 0.15) is 36.5 Å². The number of hydrogen-bond donors (Lipinski definition) is 0. The van der Waals surface area contributed by atoms with Crippen LogP contribution in [0, 0.1) is 6.92 Å². The first-order valence-electron chi connectivity index (χ1n) is 9.47. The molecule has 146 valence electrons. The highest BCUT2D eigenvalue weighted by Crippen LogP contribution is 2.25. The number of fused-ring (bicyclic) bond motifs is 1. The van der Waals surface area contributed by atoms with E-state index < -0.39 is 5.97 Å². The molecule has 1 heterocycles. The van der Waals surface area contributed by atoms with E-state index in [2.05, 4.69) is 0 Å². The van der Waals surface area contributed by atoms with Crippen LogP contribution in [0.5, 0.6) is 5.75 Å². The summed E-state index contributed by atoms with van der Waals surface area (Å²) in [5.74, 6) is 0.0442. The number of aryl methyl sites for hydroxylation is 1. The predicted molar refractivity (Wildman–Crippen MR) is 108 cm³/mol. The number of benzene rings is 2. The van der Waals surface area contributed by atoms with Crippen molar-refractivity contribution in [3.8, 4) is 5.75 Å². The lowest BCUT2D eigenvalue weighted by Gasteiger charge is -2.10. The maximum atomic E-state index is 12.5. The van der Waals surface area contributed by atoms with Crippen molar-refractivity contribution >= 4 is 16.9 Å². The minimum Gasteiger partial charge on any atom is -0.482 e. The SMILES string of the molecule is CCCCOC(=O)COc1ccc2c(C)c(Cc3ccccc3)c(=O)oc2c1. The van der Waals surface area contributed by atoms with Gasteiger partial charge in [-0.25, -0.2) is 9.59 Å². The van der Waals surface area contributed by atoms with Crippen LogP contribution in [-0.2, 0) is 16.0 Å². The molecule has 0 spiro atoms. The Morgan fingerprint density at radius 1 is 1.11 bits per heavy atom. The van der Waals surface area contributed by atoms with E-state index in [0.29, 0.717) is 29.9 Å². The molecule has 0 unspecified atom stereocenters. The third-order valence-electron chi connectivity index (χ3n) is 4.60. The van der Waals surface area contributed by atoms with Crippen molar-refractivity contribution in [2.45, 2.75) is 33.1 Å². The zero-order valence-electron chi connectivity index (χ0n) is 16.2. The summed E-state index contributed by atoms with van der Waals surface area (Å²) in [6.45, 7) is 4.17. The molecule has 2 aromatic carbocycles. The molecule has 0 saturated carbocycles. The van der Waals surface area contributed by atoms with E-state index >= 15 is 0 Å². The maximum Gasteiger partial charge on any atom is 0.344 e. The summed E-state index contributed by atoms with van der Waals surface area (Å²) in [4.78, 5) is 24.2. The molecule has 0 radical (unpaired) electrons. The van der Waals surface area contributed by atoms with Crippen LogP contribution in [0.4, 0.5) is 0 Å². The molecule has 0 saturated heterocycles. The minimum absolute atomic E-state index is 0.176. The highest BCUT2D eigenvalue weighted by Gasteiger charge is 2.13. The summed E-state index contributed by atoms with van der Waals surface area (Å²) in [5.41, 5.74) is 2.67. The zero-order valence-corrected chi connectivity index (χ0v) is 16.2. The van der Waals surface area contributed by atoms with Gasteiger partial charge in [-0.1, -0.05) is 43.7 Å². The topological polar surface area (TPSA) is 65.7 Å². The average molecular weight is 380 g/mol. The van der Waals surface area contributed by atoms with Gasteiger partial charge in [0.25, 0.3) is 0 Å². The highest BCUT2D eigenvalue weighted by atomic mass is 16.6. The Kier molecular flexibility index (Phi) is 6.48. The number of rotatable bonds is 8. The van der Waals surface area contributed by atoms with Gasteiger partial charge >= 0.3 is 11.6 Å². The van der Waals surface area contributed by atoms with Crippen molar-refractivity contribution in [2.75, 3.05) is 13.2 Å². The van der Waals surface area contributed by atoms with Gasteiger partial charge in [0, 0.05) is 23.4 Å². The van der Waals surface area contributed by atoms with Gasteiger partial charge in [0.1, 0.15) is 11.3 Å². The molecule has 0 atom stereocenters. The van der Waals surface area contributed by atoms with Crippen LogP contribution in [0.25, 0.3) is 11.0 Å². The van der Waals surface area contributed by atoms with Crippen molar-refractivity contribution in [3.05, 3.63) is 75.6 Å². The fourth-order valence-corrected chi connectivity index (χ4v) is 2.98. The fourth-order valence-electron chi connectivity index (χ4n) is 2.98. The Morgan fingerprint density at radius 3 is 2.64 bits per heavy atom. The molecule has 5 nitrogen and oxygen atoms in total. The largest absolute Gasteiger partial charge is 0.482 e. The number of carbonyl (C=O) groups excluding carboxylic acids is 1. The first kappa shape index (κ1) is 19.7. The molecule has 28 heavy (non-hydrogen) atoms. The number of carbonyl (C=O) groups is 1. The molecular formula is C23H24O5. The summed E-state index contributed by atoms with van der Waals surface area (Å²) in [7, 11) is 0. The van der Waals surface area contributed by atoms with Crippen molar-refractivity contribution in [2.24, 2.45) is 0 Å². The molecular weight excluding hydrogens is 356 g/mol. The van der Waals surface area contributed by atoms with Crippen LogP contribution in [0.2, 0.25) is 0 Å². The number of esters is 1. The fraction of sp³-hybridized carbons (Fsp3) is 0.304. The van der Waals surface area contributed by atoms with Gasteiger partial charge in [0.15, 0.2) is 6.61 Å². The molecule has 5 heteroatoms. The summed E-state index contributed by atoms with van der Waals surface area (Å²) < 4.78 is 16.1. The van der Waals surface area contributed by atoms with Crippen LogP contribution in [-0.4, -0.2) is 19.2 Å². The summed E-state index contributed by atoms with van der Waals surface area (Å²) in [6, 6.07) is 15.1. The second kappa shape index (κ2) is 9.22. The molecule has 3 rings (SSSR count). The maximum absolute atomic E-state index is 12.5. The van der Waals surface area contributed by atoms with Crippen LogP contribution >= 0.6 is 0 Å². The molecule has 0 fully saturated rings. The van der Waals surface area contributed by atoms with Crippen LogP contribution in [0.3, 0.4) is 0 Å². The lowest BCUT2D eigenvalue weighted by atomic mass is 10.00. The van der Waals surface area contributed by atoms with Gasteiger partial charge in [-0.2, -0.15) is 0 Å². The molecule has 0 bridgehead atoms. The molecule has 1 aromatic heterocycles. The van der Waals surface area contributed by atoms with Gasteiger partial charge in [0.05, 0.1) is 6.61 Å². The van der Waals surface area contributed by atoms with Crippen LogP contribution in [0.15, 0.2) is 57.7 Å². The third-order valence-corrected chi connectivity index (χ3v) is 4.60. The number of ether oxygens (including phenoxy) is 2. The first-order valence-corrected chi connectivity index (χ1v) is 9.47. The smallest absolute Gasteiger partial charge is 0.344 e. The standard InChI is InChI=1S/C23H24O5/c1-3-4-12-26-22(24)15-27-18-10-11-19-16(2)20(23(25)28-21(19)14-18)13-17-8-6-5-7-9-17/h5-11,14H,3-4,12-13,15H2,1-2H3. The molecule has 0 aliphatic rings. The summed E-state index contributed by atoms with van der Waals surface area (Å²) in [5, 5.41) is 0.850. The predicted octanol–water partition coefficient (Wildman–Crippen LogP) is 4.41. The minimum atomic E-state index is -0.413. The molecule has 0 amide bonds. The molecule has 0 aliphatic heterocycles. The van der Waals surface area contributed by atoms with Gasteiger partial charge in [-0.05, 0) is 36.6 Å². The monoisotopic (exact) mass is 380 g/mol. The molecule has 0 N–H and O–H groups in total. The Labute approximate surface area is 163 Å². The van der Waals surface area contributed by atoms with Gasteiger partial charge < -0.3 is 13.9 Å². The van der Waals surface area contributed by atoms with Crippen molar-refractivity contribution in [3.63, 3.8) is 0 Å². The number of hydrogen-bond acceptors (Lipinski definition) is 5. The van der Waals surface area contributed by atoms with Gasteiger partial charge in [-0.3, -0.25) is 0 Å². The van der Waals surface area contributed by atoms with Crippen molar-refractivity contribution < 1.29 is 18.7 Å². The summed E-state index contributed by atoms with van der Waals surface area (Å²) in [6.07, 6.45) is 2.31. The van der Waals surface area contributed by atoms with E-state index in [9.17, 15) is 9.59 Å². The normalized spacial score (nSPS) is 10.8. The summed E-state index contributed by atoms with van der Waals surface area (Å²) >= 11 is 0. The second-order valence-electron chi connectivity index (χ2n) is 6.68. The molecule has 0 aliphatic carbocycles. The first-order chi connectivity index (χ1) is 13.6. The van der Waals surface area contributed by atoms with Crippen LogP contribution < -0.4 is 10.4 Å². The van der Waals surface area contributed by atoms with Gasteiger partial charge in [-0.15, -0.1) is 0 Å². The Balaban J connectivity index is 1.77. The lowest BCUT2D eigenvalue weighted by Crippen LogP contribution is -2.15. The lowest BCUT2D eigenvalue weighted by molar-refractivity contribution is -0.146. The number of unbranched alkanes of at least 4 members (excludes halogenated alkanes) is 1. The van der Waals surface area contributed by atoms with Gasteiger partial charge in [0.2, 0.25) is 0 Å². The van der Waals surface area contributed by atoms with Crippen molar-refractivity contribution in [1.29, 1.82) is 0 Å². The Morgan fingerprint density at radius 2 is 1.89 bits per heavy atom. The van der Waals surface area contributed by atoms with E-state index in [-0.39, 0.29) is 12.2 Å².